The number of hydrogen-bond acceptors (Lipinski definition) is 4. The van der Waals surface area contributed by atoms with Crippen molar-refractivity contribution >= 4 is 34.0 Å². The summed E-state index contributed by atoms with van der Waals surface area (Å²) in [5, 5.41) is 5.52. The maximum atomic E-state index is 14.6. The molecule has 1 aliphatic heterocycles. The summed E-state index contributed by atoms with van der Waals surface area (Å²) < 4.78 is 55.0. The zero-order chi connectivity index (χ0) is 19.6. The molecule has 1 amide bonds. The number of anilines is 1. The summed E-state index contributed by atoms with van der Waals surface area (Å²) in [5.74, 6) is -2.19. The van der Waals surface area contributed by atoms with Gasteiger partial charge in [-0.3, -0.25) is 4.79 Å². The van der Waals surface area contributed by atoms with Gasteiger partial charge in [0.2, 0.25) is 15.9 Å². The zero-order valence-electron chi connectivity index (χ0n) is 15.0. The molecule has 0 saturated heterocycles. The van der Waals surface area contributed by atoms with E-state index < -0.39 is 38.5 Å². The predicted octanol–water partition coefficient (Wildman–Crippen LogP) is 2.34. The van der Waals surface area contributed by atoms with Crippen LogP contribution in [0.5, 0.6) is 0 Å². The monoisotopic (exact) mass is 431 g/mol. The van der Waals surface area contributed by atoms with E-state index >= 15 is 0 Å². The third-order valence-electron chi connectivity index (χ3n) is 4.32. The third-order valence-corrected chi connectivity index (χ3v) is 5.89. The molecule has 2 aromatic rings. The fourth-order valence-electron chi connectivity index (χ4n) is 2.88. The van der Waals surface area contributed by atoms with Crippen LogP contribution in [0.3, 0.4) is 0 Å². The van der Waals surface area contributed by atoms with Gasteiger partial charge in [-0.25, -0.2) is 17.2 Å². The highest BCUT2D eigenvalue weighted by molar-refractivity contribution is 7.89. The molecule has 3 rings (SSSR count). The Bertz CT molecular complexity index is 986. The fourth-order valence-corrected chi connectivity index (χ4v) is 4.17. The Kier molecular flexibility index (Phi) is 7.11. The van der Waals surface area contributed by atoms with E-state index in [0.717, 1.165) is 17.7 Å². The van der Waals surface area contributed by atoms with Gasteiger partial charge in [0.05, 0.1) is 11.7 Å². The lowest BCUT2D eigenvalue weighted by atomic mass is 9.99. The van der Waals surface area contributed by atoms with Gasteiger partial charge >= 0.3 is 0 Å². The summed E-state index contributed by atoms with van der Waals surface area (Å²) in [6, 6.07) is 6.77. The quantitative estimate of drug-likeness (QED) is 0.678. The Hall–Kier alpha value is -2.07. The summed E-state index contributed by atoms with van der Waals surface area (Å²) in [6.07, 6.45) is 0.500. The fraction of sp³-hybridized carbons (Fsp3) is 0.278. The molecule has 6 nitrogen and oxygen atoms in total. The maximum absolute atomic E-state index is 14.6. The number of hydrogen-bond donors (Lipinski definition) is 3. The van der Waals surface area contributed by atoms with Crippen LogP contribution in [0, 0.1) is 11.6 Å². The molecule has 10 heteroatoms. The Labute approximate surface area is 168 Å². The van der Waals surface area contributed by atoms with Gasteiger partial charge in [-0.2, -0.15) is 4.72 Å². The molecular weight excluding hydrogens is 412 g/mol. The molecule has 0 spiro atoms. The zero-order valence-corrected chi connectivity index (χ0v) is 16.6. The van der Waals surface area contributed by atoms with Gasteiger partial charge in [0, 0.05) is 6.54 Å². The van der Waals surface area contributed by atoms with E-state index in [4.69, 9.17) is 0 Å². The van der Waals surface area contributed by atoms with Crippen LogP contribution in [0.15, 0.2) is 41.3 Å². The topological polar surface area (TPSA) is 87.3 Å². The van der Waals surface area contributed by atoms with Gasteiger partial charge in [-0.1, -0.05) is 18.2 Å². The smallest absolute Gasteiger partial charge is 0.244 e. The number of halogens is 3. The van der Waals surface area contributed by atoms with Crippen molar-refractivity contribution in [2.75, 3.05) is 11.9 Å². The Morgan fingerprint density at radius 2 is 1.89 bits per heavy atom. The van der Waals surface area contributed by atoms with Crippen molar-refractivity contribution in [3.8, 4) is 0 Å². The molecule has 0 saturated carbocycles. The van der Waals surface area contributed by atoms with Crippen LogP contribution in [0.2, 0.25) is 0 Å². The van der Waals surface area contributed by atoms with E-state index in [1.165, 1.54) is 25.1 Å². The third kappa shape index (κ3) is 4.67. The lowest BCUT2D eigenvalue weighted by molar-refractivity contribution is -0.117. The highest BCUT2D eigenvalue weighted by Crippen LogP contribution is 2.24. The van der Waals surface area contributed by atoms with Crippen LogP contribution >= 0.6 is 12.4 Å². The van der Waals surface area contributed by atoms with Gasteiger partial charge in [0.1, 0.15) is 16.5 Å². The van der Waals surface area contributed by atoms with Crippen molar-refractivity contribution in [1.29, 1.82) is 0 Å². The molecule has 1 heterocycles. The highest BCUT2D eigenvalue weighted by Gasteiger charge is 2.25. The number of benzene rings is 2. The number of fused-ring (bicyclic) bond motifs is 1. The minimum atomic E-state index is -4.24. The second-order valence-electron chi connectivity index (χ2n) is 6.25. The standard InChI is InChI=1S/C18H19F2N3O3S.ClH/c1-11(23-27(25,26)16-5-3-2-4-14(16)19)18(24)22-15-7-6-12-10-21-9-8-13(12)17(15)20;/h2-7,11,21,23H,8-10H2,1H3,(H,22,24);1H. The molecule has 0 radical (unpaired) electrons. The lowest BCUT2D eigenvalue weighted by Crippen LogP contribution is -2.42. The first-order valence-corrected chi connectivity index (χ1v) is 9.86. The van der Waals surface area contributed by atoms with E-state index in [2.05, 4.69) is 15.4 Å². The molecule has 28 heavy (non-hydrogen) atoms. The normalized spacial score (nSPS) is 14.5. The van der Waals surface area contributed by atoms with Crippen molar-refractivity contribution in [1.82, 2.24) is 10.0 Å². The molecule has 2 aromatic carbocycles. The molecule has 0 fully saturated rings. The van der Waals surface area contributed by atoms with E-state index in [1.807, 2.05) is 0 Å². The average Bonchev–Trinajstić information content (AvgIpc) is 2.64. The second kappa shape index (κ2) is 8.95. The summed E-state index contributed by atoms with van der Waals surface area (Å²) in [6.45, 7) is 2.49. The number of sulfonamides is 1. The van der Waals surface area contributed by atoms with Crippen LogP contribution in [-0.2, 0) is 27.8 Å². The van der Waals surface area contributed by atoms with Gasteiger partial charge < -0.3 is 10.6 Å². The summed E-state index contributed by atoms with van der Waals surface area (Å²) in [7, 11) is -4.24. The summed E-state index contributed by atoms with van der Waals surface area (Å²) in [5.41, 5.74) is 1.34. The van der Waals surface area contributed by atoms with Crippen LogP contribution in [0.4, 0.5) is 14.5 Å². The molecule has 3 N–H and O–H groups in total. The summed E-state index contributed by atoms with van der Waals surface area (Å²) in [4.78, 5) is 11.8. The highest BCUT2D eigenvalue weighted by atomic mass is 35.5. The van der Waals surface area contributed by atoms with Crippen LogP contribution in [0.25, 0.3) is 0 Å². The number of carbonyl (C=O) groups excluding carboxylic acids is 1. The van der Waals surface area contributed by atoms with Crippen molar-refractivity contribution in [2.45, 2.75) is 30.8 Å². The van der Waals surface area contributed by atoms with Gasteiger partial charge in [0.15, 0.2) is 0 Å². The van der Waals surface area contributed by atoms with E-state index in [0.29, 0.717) is 25.1 Å². The van der Waals surface area contributed by atoms with Crippen molar-refractivity contribution in [3.63, 3.8) is 0 Å². The minimum Gasteiger partial charge on any atom is -0.322 e. The molecule has 0 aliphatic carbocycles. The van der Waals surface area contributed by atoms with Crippen molar-refractivity contribution < 1.29 is 22.0 Å². The first kappa shape index (κ1) is 22.2. The van der Waals surface area contributed by atoms with Gasteiger partial charge in [-0.15, -0.1) is 12.4 Å². The number of amides is 1. The van der Waals surface area contributed by atoms with E-state index in [9.17, 15) is 22.0 Å². The van der Waals surface area contributed by atoms with Crippen LogP contribution in [-0.4, -0.2) is 26.9 Å². The largest absolute Gasteiger partial charge is 0.322 e. The van der Waals surface area contributed by atoms with Crippen molar-refractivity contribution in [2.24, 2.45) is 0 Å². The molecule has 0 aromatic heterocycles. The van der Waals surface area contributed by atoms with Crippen LogP contribution in [0.1, 0.15) is 18.1 Å². The predicted molar refractivity (Wildman–Crippen MR) is 104 cm³/mol. The molecular formula is C18H20ClF2N3O3S. The summed E-state index contributed by atoms with van der Waals surface area (Å²) >= 11 is 0. The minimum absolute atomic E-state index is 0. The molecule has 152 valence electrons. The van der Waals surface area contributed by atoms with Crippen LogP contribution < -0.4 is 15.4 Å². The van der Waals surface area contributed by atoms with Crippen molar-refractivity contribution in [3.05, 3.63) is 59.2 Å². The Morgan fingerprint density at radius 3 is 2.61 bits per heavy atom. The first-order chi connectivity index (χ1) is 12.8. The number of carbonyl (C=O) groups is 1. The molecule has 1 atom stereocenters. The molecule has 1 unspecified atom stereocenters. The van der Waals surface area contributed by atoms with E-state index in [-0.39, 0.29) is 18.1 Å². The molecule has 1 aliphatic rings. The SMILES string of the molecule is CC(NS(=O)(=O)c1ccccc1F)C(=O)Nc1ccc2c(c1F)CCNC2.Cl. The lowest BCUT2D eigenvalue weighted by Gasteiger charge is -2.20. The van der Waals surface area contributed by atoms with Gasteiger partial charge in [-0.05, 0) is 49.2 Å². The first-order valence-electron chi connectivity index (χ1n) is 8.38. The molecule has 0 bridgehead atoms. The van der Waals surface area contributed by atoms with Gasteiger partial charge in [0.25, 0.3) is 0 Å². The number of nitrogens with one attached hydrogen (secondary N) is 3. The van der Waals surface area contributed by atoms with E-state index in [1.54, 1.807) is 6.07 Å². The maximum Gasteiger partial charge on any atom is 0.244 e. The average molecular weight is 432 g/mol. The Balaban J connectivity index is 0.00000280. The number of rotatable bonds is 5. The second-order valence-corrected chi connectivity index (χ2v) is 7.94. The Morgan fingerprint density at radius 1 is 1.18 bits per heavy atom.